The number of carbonyl (C=O) groups excluding carboxylic acids is 1. The van der Waals surface area contributed by atoms with Gasteiger partial charge in [0.25, 0.3) is 0 Å². The van der Waals surface area contributed by atoms with Crippen LogP contribution < -0.4 is 10.2 Å². The van der Waals surface area contributed by atoms with Crippen molar-refractivity contribution in [1.82, 2.24) is 5.32 Å². The Kier molecular flexibility index (Phi) is 7.42. The molecule has 6 heteroatoms. The number of halogens is 2. The fraction of sp³-hybridized carbons (Fsp3) is 0.462. The lowest BCUT2D eigenvalue weighted by Crippen LogP contribution is -2.40. The van der Waals surface area contributed by atoms with Gasteiger partial charge in [-0.05, 0) is 30.9 Å². The van der Waals surface area contributed by atoms with Gasteiger partial charge in [0.1, 0.15) is 0 Å². The van der Waals surface area contributed by atoms with E-state index in [2.05, 4.69) is 12.2 Å². The standard InChI is InChI=1S/C13H18Cl2N2OS/c1-3-4-7-16-13(18)17(9-19-2)12-6-5-10(14)8-11(12)15/h5-6,8H,3-4,7,9H2,1-2H3,(H,16,18). The molecule has 3 nitrogen and oxygen atoms in total. The van der Waals surface area contributed by atoms with Gasteiger partial charge in [-0.1, -0.05) is 36.5 Å². The lowest BCUT2D eigenvalue weighted by Gasteiger charge is -2.23. The molecule has 0 saturated carbocycles. The summed E-state index contributed by atoms with van der Waals surface area (Å²) in [5.41, 5.74) is 0.675. The van der Waals surface area contributed by atoms with Gasteiger partial charge in [-0.15, -0.1) is 11.8 Å². The molecule has 0 aliphatic heterocycles. The first-order valence-electron chi connectivity index (χ1n) is 6.09. The molecule has 1 aromatic carbocycles. The molecule has 1 N–H and O–H groups in total. The zero-order chi connectivity index (χ0) is 14.3. The van der Waals surface area contributed by atoms with E-state index in [0.717, 1.165) is 12.8 Å². The summed E-state index contributed by atoms with van der Waals surface area (Å²) in [6, 6.07) is 5.01. The second-order valence-electron chi connectivity index (χ2n) is 4.03. The minimum absolute atomic E-state index is 0.132. The topological polar surface area (TPSA) is 32.3 Å². The van der Waals surface area contributed by atoms with Crippen LogP contribution in [0.3, 0.4) is 0 Å². The molecule has 0 saturated heterocycles. The van der Waals surface area contributed by atoms with E-state index in [1.54, 1.807) is 34.9 Å². The molecule has 2 amide bonds. The van der Waals surface area contributed by atoms with E-state index < -0.39 is 0 Å². The molecular formula is C13H18Cl2N2OS. The average molecular weight is 321 g/mol. The van der Waals surface area contributed by atoms with Crippen LogP contribution in [0.4, 0.5) is 10.5 Å². The third-order valence-electron chi connectivity index (χ3n) is 2.51. The van der Waals surface area contributed by atoms with Crippen molar-refractivity contribution in [3.8, 4) is 0 Å². The van der Waals surface area contributed by atoms with Crippen LogP contribution in [0.25, 0.3) is 0 Å². The van der Waals surface area contributed by atoms with Gasteiger partial charge in [-0.3, -0.25) is 4.90 Å². The summed E-state index contributed by atoms with van der Waals surface area (Å²) in [4.78, 5) is 13.8. The molecule has 0 aromatic heterocycles. The largest absolute Gasteiger partial charge is 0.338 e. The molecule has 0 aliphatic rings. The molecule has 0 bridgehead atoms. The van der Waals surface area contributed by atoms with Gasteiger partial charge in [0.2, 0.25) is 0 Å². The fourth-order valence-corrected chi connectivity index (χ4v) is 2.56. The SMILES string of the molecule is CCCCNC(=O)N(CSC)c1ccc(Cl)cc1Cl. The second-order valence-corrected chi connectivity index (χ2v) is 5.71. The number of hydrogen-bond donors (Lipinski definition) is 1. The molecule has 106 valence electrons. The van der Waals surface area contributed by atoms with Gasteiger partial charge in [0.05, 0.1) is 16.6 Å². The Morgan fingerprint density at radius 1 is 1.42 bits per heavy atom. The van der Waals surface area contributed by atoms with E-state index in [0.29, 0.717) is 28.2 Å². The normalized spacial score (nSPS) is 10.3. The number of hydrogen-bond acceptors (Lipinski definition) is 2. The number of benzene rings is 1. The Labute approximate surface area is 128 Å². The maximum atomic E-state index is 12.2. The minimum Gasteiger partial charge on any atom is -0.338 e. The second kappa shape index (κ2) is 8.56. The molecule has 0 spiro atoms. The third-order valence-corrected chi connectivity index (χ3v) is 3.56. The number of nitrogens with zero attached hydrogens (tertiary/aromatic N) is 1. The first-order chi connectivity index (χ1) is 9.10. The predicted octanol–water partition coefficient (Wildman–Crippen LogP) is 4.63. The molecule has 0 aliphatic carbocycles. The van der Waals surface area contributed by atoms with Gasteiger partial charge < -0.3 is 5.32 Å². The maximum absolute atomic E-state index is 12.2. The number of anilines is 1. The number of urea groups is 1. The highest BCUT2D eigenvalue weighted by Crippen LogP contribution is 2.29. The van der Waals surface area contributed by atoms with Crippen LogP contribution in [0.1, 0.15) is 19.8 Å². The average Bonchev–Trinajstić information content (AvgIpc) is 2.37. The smallest absolute Gasteiger partial charge is 0.322 e. The van der Waals surface area contributed by atoms with E-state index >= 15 is 0 Å². The Bertz CT molecular complexity index is 429. The molecule has 0 heterocycles. The monoisotopic (exact) mass is 320 g/mol. The van der Waals surface area contributed by atoms with Gasteiger partial charge in [0, 0.05) is 11.6 Å². The first kappa shape index (κ1) is 16.5. The molecular weight excluding hydrogens is 303 g/mol. The molecule has 1 rings (SSSR count). The van der Waals surface area contributed by atoms with Crippen molar-refractivity contribution in [2.75, 3.05) is 23.6 Å². The minimum atomic E-state index is -0.132. The van der Waals surface area contributed by atoms with Crippen LogP contribution in [-0.2, 0) is 0 Å². The van der Waals surface area contributed by atoms with Crippen LogP contribution in [0, 0.1) is 0 Å². The van der Waals surface area contributed by atoms with Crippen molar-refractivity contribution >= 4 is 46.7 Å². The van der Waals surface area contributed by atoms with Crippen LogP contribution in [0.2, 0.25) is 10.0 Å². The Hall–Kier alpha value is -0.580. The fourth-order valence-electron chi connectivity index (χ4n) is 1.53. The number of thioether (sulfide) groups is 1. The summed E-state index contributed by atoms with van der Waals surface area (Å²) < 4.78 is 0. The number of nitrogens with one attached hydrogen (secondary N) is 1. The van der Waals surface area contributed by atoms with Crippen molar-refractivity contribution in [2.45, 2.75) is 19.8 Å². The van der Waals surface area contributed by atoms with E-state index in [4.69, 9.17) is 23.2 Å². The first-order valence-corrected chi connectivity index (χ1v) is 8.24. The highest BCUT2D eigenvalue weighted by Gasteiger charge is 2.17. The van der Waals surface area contributed by atoms with Gasteiger partial charge >= 0.3 is 6.03 Å². The summed E-state index contributed by atoms with van der Waals surface area (Å²) in [5.74, 6) is 0.541. The van der Waals surface area contributed by atoms with Crippen LogP contribution in [0.15, 0.2) is 18.2 Å². The van der Waals surface area contributed by atoms with E-state index in [9.17, 15) is 4.79 Å². The summed E-state index contributed by atoms with van der Waals surface area (Å²) in [6.45, 7) is 2.76. The summed E-state index contributed by atoms with van der Waals surface area (Å²) >= 11 is 13.6. The zero-order valence-electron chi connectivity index (χ0n) is 11.1. The summed E-state index contributed by atoms with van der Waals surface area (Å²) in [5, 5.41) is 3.93. The molecule has 0 unspecified atom stereocenters. The van der Waals surface area contributed by atoms with Crippen LogP contribution in [-0.4, -0.2) is 24.7 Å². The van der Waals surface area contributed by atoms with Gasteiger partial charge in [-0.25, -0.2) is 4.79 Å². The number of amides is 2. The van der Waals surface area contributed by atoms with Crippen LogP contribution in [0.5, 0.6) is 0 Å². The highest BCUT2D eigenvalue weighted by atomic mass is 35.5. The molecule has 19 heavy (non-hydrogen) atoms. The van der Waals surface area contributed by atoms with Gasteiger partial charge in [-0.2, -0.15) is 0 Å². The number of rotatable bonds is 6. The zero-order valence-corrected chi connectivity index (χ0v) is 13.4. The van der Waals surface area contributed by atoms with E-state index in [1.165, 1.54) is 0 Å². The maximum Gasteiger partial charge on any atom is 0.322 e. The third kappa shape index (κ3) is 5.13. The Morgan fingerprint density at radius 3 is 2.74 bits per heavy atom. The van der Waals surface area contributed by atoms with E-state index in [1.807, 2.05) is 6.26 Å². The predicted molar refractivity (Wildman–Crippen MR) is 85.6 cm³/mol. The summed E-state index contributed by atoms with van der Waals surface area (Å²) in [6.07, 6.45) is 3.95. The lowest BCUT2D eigenvalue weighted by atomic mass is 10.3. The highest BCUT2D eigenvalue weighted by molar-refractivity contribution is 7.98. The molecule has 0 atom stereocenters. The molecule has 1 aromatic rings. The van der Waals surface area contributed by atoms with Crippen molar-refractivity contribution in [1.29, 1.82) is 0 Å². The number of unbranched alkanes of at least 4 members (excludes halogenated alkanes) is 1. The van der Waals surface area contributed by atoms with Crippen molar-refractivity contribution in [2.24, 2.45) is 0 Å². The number of carbonyl (C=O) groups is 1. The van der Waals surface area contributed by atoms with Crippen molar-refractivity contribution in [3.63, 3.8) is 0 Å². The van der Waals surface area contributed by atoms with Gasteiger partial charge in [0.15, 0.2) is 0 Å². The van der Waals surface area contributed by atoms with Crippen molar-refractivity contribution < 1.29 is 4.79 Å². The summed E-state index contributed by atoms with van der Waals surface area (Å²) in [7, 11) is 0. The quantitative estimate of drug-likeness (QED) is 0.612. The molecule has 0 fully saturated rings. The lowest BCUT2D eigenvalue weighted by molar-refractivity contribution is 0.247. The Balaban J connectivity index is 2.83. The van der Waals surface area contributed by atoms with E-state index in [-0.39, 0.29) is 6.03 Å². The Morgan fingerprint density at radius 2 is 2.16 bits per heavy atom. The van der Waals surface area contributed by atoms with Crippen LogP contribution >= 0.6 is 35.0 Å². The van der Waals surface area contributed by atoms with Crippen molar-refractivity contribution in [3.05, 3.63) is 28.2 Å². The molecule has 0 radical (unpaired) electrons.